The van der Waals surface area contributed by atoms with Gasteiger partial charge in [0.05, 0.1) is 6.61 Å². The van der Waals surface area contributed by atoms with Crippen molar-refractivity contribution in [1.82, 2.24) is 10.2 Å². The molecular formula is C12H28N2O. The van der Waals surface area contributed by atoms with Crippen LogP contribution in [0.25, 0.3) is 0 Å². The van der Waals surface area contributed by atoms with Gasteiger partial charge in [0.15, 0.2) is 0 Å². The van der Waals surface area contributed by atoms with Crippen molar-refractivity contribution in [3.63, 3.8) is 0 Å². The highest BCUT2D eigenvalue weighted by Gasteiger charge is 2.10. The molecule has 0 fully saturated rings. The third-order valence-corrected chi connectivity index (χ3v) is 2.72. The van der Waals surface area contributed by atoms with E-state index in [0.717, 1.165) is 32.8 Å². The lowest BCUT2D eigenvalue weighted by molar-refractivity contribution is 0.103. The normalized spacial score (nSPS) is 13.4. The quantitative estimate of drug-likeness (QED) is 0.563. The number of methoxy groups -OCH3 is 1. The lowest BCUT2D eigenvalue weighted by atomic mass is 10.3. The summed E-state index contributed by atoms with van der Waals surface area (Å²) in [5.74, 6) is 0. The molecule has 0 heterocycles. The van der Waals surface area contributed by atoms with Crippen molar-refractivity contribution in [3.05, 3.63) is 0 Å². The van der Waals surface area contributed by atoms with Gasteiger partial charge in [-0.05, 0) is 26.4 Å². The van der Waals surface area contributed by atoms with Gasteiger partial charge in [-0.2, -0.15) is 0 Å². The van der Waals surface area contributed by atoms with Crippen molar-refractivity contribution in [2.75, 3.05) is 39.9 Å². The highest BCUT2D eigenvalue weighted by molar-refractivity contribution is 4.66. The van der Waals surface area contributed by atoms with Gasteiger partial charge < -0.3 is 10.1 Å². The predicted octanol–water partition coefficient (Wildman–Crippen LogP) is 1.73. The Morgan fingerprint density at radius 3 is 2.53 bits per heavy atom. The zero-order valence-corrected chi connectivity index (χ0v) is 10.9. The van der Waals surface area contributed by atoms with E-state index in [-0.39, 0.29) is 0 Å². The fourth-order valence-electron chi connectivity index (χ4n) is 1.69. The van der Waals surface area contributed by atoms with Gasteiger partial charge in [-0.1, -0.05) is 20.3 Å². The molecule has 0 radical (unpaired) electrons. The Labute approximate surface area is 95.2 Å². The van der Waals surface area contributed by atoms with Crippen LogP contribution in [0.4, 0.5) is 0 Å². The smallest absolute Gasteiger partial charge is 0.0615 e. The highest BCUT2D eigenvalue weighted by Crippen LogP contribution is 1.97. The SMILES string of the molecule is CCCCNCCN(CC)C(C)COC. The Bertz CT molecular complexity index is 131. The first-order valence-electron chi connectivity index (χ1n) is 6.19. The van der Waals surface area contributed by atoms with E-state index >= 15 is 0 Å². The van der Waals surface area contributed by atoms with E-state index in [1.54, 1.807) is 7.11 Å². The second-order valence-corrected chi connectivity index (χ2v) is 4.04. The fraction of sp³-hybridized carbons (Fsp3) is 1.00. The zero-order chi connectivity index (χ0) is 11.5. The molecule has 0 bridgehead atoms. The number of nitrogens with one attached hydrogen (secondary N) is 1. The molecule has 0 aliphatic rings. The number of nitrogens with zero attached hydrogens (tertiary/aromatic N) is 1. The molecule has 1 unspecified atom stereocenters. The Morgan fingerprint density at radius 2 is 2.00 bits per heavy atom. The van der Waals surface area contributed by atoms with Gasteiger partial charge in [0.1, 0.15) is 0 Å². The van der Waals surface area contributed by atoms with Crippen LogP contribution in [-0.2, 0) is 4.74 Å². The number of unbranched alkanes of at least 4 members (excludes halogenated alkanes) is 1. The van der Waals surface area contributed by atoms with Gasteiger partial charge in [0.25, 0.3) is 0 Å². The molecular weight excluding hydrogens is 188 g/mol. The van der Waals surface area contributed by atoms with Gasteiger partial charge in [-0.3, -0.25) is 4.90 Å². The standard InChI is InChI=1S/C12H28N2O/c1-5-7-8-13-9-10-14(6-2)12(3)11-15-4/h12-13H,5-11H2,1-4H3. The Balaban J connectivity index is 3.51. The molecule has 15 heavy (non-hydrogen) atoms. The predicted molar refractivity (Wildman–Crippen MR) is 66.4 cm³/mol. The maximum atomic E-state index is 5.17. The number of hydrogen-bond acceptors (Lipinski definition) is 3. The number of rotatable bonds is 10. The summed E-state index contributed by atoms with van der Waals surface area (Å²) in [4.78, 5) is 2.45. The van der Waals surface area contributed by atoms with E-state index in [1.165, 1.54) is 12.8 Å². The molecule has 0 aromatic carbocycles. The van der Waals surface area contributed by atoms with Crippen molar-refractivity contribution in [2.24, 2.45) is 0 Å². The Kier molecular flexibility index (Phi) is 10.3. The molecule has 0 aromatic heterocycles. The molecule has 92 valence electrons. The first-order valence-corrected chi connectivity index (χ1v) is 6.19. The van der Waals surface area contributed by atoms with Crippen LogP contribution in [-0.4, -0.2) is 50.8 Å². The average Bonchev–Trinajstić information content (AvgIpc) is 2.23. The highest BCUT2D eigenvalue weighted by atomic mass is 16.5. The molecule has 3 nitrogen and oxygen atoms in total. The minimum Gasteiger partial charge on any atom is -0.383 e. The van der Waals surface area contributed by atoms with E-state index in [2.05, 4.69) is 31.0 Å². The summed E-state index contributed by atoms with van der Waals surface area (Å²) in [6.45, 7) is 11.9. The van der Waals surface area contributed by atoms with Gasteiger partial charge in [-0.15, -0.1) is 0 Å². The molecule has 0 aliphatic heterocycles. The van der Waals surface area contributed by atoms with Crippen LogP contribution in [0.15, 0.2) is 0 Å². The average molecular weight is 216 g/mol. The van der Waals surface area contributed by atoms with Crippen molar-refractivity contribution < 1.29 is 4.74 Å². The number of likely N-dealkylation sites (N-methyl/N-ethyl adjacent to an activating group) is 1. The van der Waals surface area contributed by atoms with E-state index < -0.39 is 0 Å². The minimum atomic E-state index is 0.521. The lowest BCUT2D eigenvalue weighted by Crippen LogP contribution is -2.40. The first-order chi connectivity index (χ1) is 7.26. The molecule has 0 aliphatic carbocycles. The van der Waals surface area contributed by atoms with Crippen LogP contribution < -0.4 is 5.32 Å². The van der Waals surface area contributed by atoms with Crippen molar-refractivity contribution >= 4 is 0 Å². The van der Waals surface area contributed by atoms with Crippen molar-refractivity contribution in [2.45, 2.75) is 39.7 Å². The Morgan fingerprint density at radius 1 is 1.27 bits per heavy atom. The topological polar surface area (TPSA) is 24.5 Å². The van der Waals surface area contributed by atoms with Crippen molar-refractivity contribution in [1.29, 1.82) is 0 Å². The molecule has 3 heteroatoms. The van der Waals surface area contributed by atoms with Gasteiger partial charge >= 0.3 is 0 Å². The summed E-state index contributed by atoms with van der Waals surface area (Å²) in [6.07, 6.45) is 2.55. The van der Waals surface area contributed by atoms with Crippen LogP contribution >= 0.6 is 0 Å². The molecule has 0 spiro atoms. The lowest BCUT2D eigenvalue weighted by Gasteiger charge is -2.27. The van der Waals surface area contributed by atoms with Crippen molar-refractivity contribution in [3.8, 4) is 0 Å². The largest absolute Gasteiger partial charge is 0.383 e. The van der Waals surface area contributed by atoms with E-state index in [4.69, 9.17) is 4.74 Å². The van der Waals surface area contributed by atoms with E-state index in [0.29, 0.717) is 6.04 Å². The monoisotopic (exact) mass is 216 g/mol. The van der Waals surface area contributed by atoms with E-state index in [1.807, 2.05) is 0 Å². The third-order valence-electron chi connectivity index (χ3n) is 2.72. The summed E-state index contributed by atoms with van der Waals surface area (Å²) in [5, 5.41) is 3.47. The molecule has 0 amide bonds. The third kappa shape index (κ3) is 7.77. The first kappa shape index (κ1) is 14.9. The summed E-state index contributed by atoms with van der Waals surface area (Å²) in [7, 11) is 1.77. The summed E-state index contributed by atoms with van der Waals surface area (Å²) in [5.41, 5.74) is 0. The number of ether oxygens (including phenoxy) is 1. The molecule has 0 aromatic rings. The second kappa shape index (κ2) is 10.4. The second-order valence-electron chi connectivity index (χ2n) is 4.04. The molecule has 0 rings (SSSR count). The Hall–Kier alpha value is -0.120. The maximum Gasteiger partial charge on any atom is 0.0615 e. The van der Waals surface area contributed by atoms with Crippen LogP contribution in [0, 0.1) is 0 Å². The number of hydrogen-bond donors (Lipinski definition) is 1. The van der Waals surface area contributed by atoms with Crippen LogP contribution in [0.1, 0.15) is 33.6 Å². The van der Waals surface area contributed by atoms with Gasteiger partial charge in [-0.25, -0.2) is 0 Å². The minimum absolute atomic E-state index is 0.521. The summed E-state index contributed by atoms with van der Waals surface area (Å²) >= 11 is 0. The van der Waals surface area contributed by atoms with Gasteiger partial charge in [0.2, 0.25) is 0 Å². The molecule has 1 N–H and O–H groups in total. The maximum absolute atomic E-state index is 5.17. The van der Waals surface area contributed by atoms with Crippen LogP contribution in [0.3, 0.4) is 0 Å². The van der Waals surface area contributed by atoms with Crippen LogP contribution in [0.5, 0.6) is 0 Å². The zero-order valence-electron chi connectivity index (χ0n) is 10.9. The molecule has 0 saturated heterocycles. The molecule has 0 saturated carbocycles. The summed E-state index contributed by atoms with van der Waals surface area (Å²) in [6, 6.07) is 0.521. The summed E-state index contributed by atoms with van der Waals surface area (Å²) < 4.78 is 5.17. The van der Waals surface area contributed by atoms with Gasteiger partial charge in [0, 0.05) is 26.2 Å². The molecule has 1 atom stereocenters. The van der Waals surface area contributed by atoms with E-state index in [9.17, 15) is 0 Å². The fourth-order valence-corrected chi connectivity index (χ4v) is 1.69. The van der Waals surface area contributed by atoms with Crippen LogP contribution in [0.2, 0.25) is 0 Å².